The van der Waals surface area contributed by atoms with Gasteiger partial charge < -0.3 is 14.2 Å². The Labute approximate surface area is 220 Å². The van der Waals surface area contributed by atoms with Crippen LogP contribution in [0, 0.1) is 0 Å². The Bertz CT molecular complexity index is 1320. The molecule has 0 amide bonds. The van der Waals surface area contributed by atoms with E-state index in [0.29, 0.717) is 38.3 Å². The van der Waals surface area contributed by atoms with Crippen LogP contribution in [0.15, 0.2) is 49.2 Å². The van der Waals surface area contributed by atoms with Crippen LogP contribution in [0.3, 0.4) is 0 Å². The molecule has 0 aliphatic heterocycles. The molecule has 2 aromatic carbocycles. The van der Waals surface area contributed by atoms with Crippen molar-refractivity contribution in [2.75, 3.05) is 13.7 Å². The summed E-state index contributed by atoms with van der Waals surface area (Å²) in [6.07, 6.45) is 2.13. The van der Waals surface area contributed by atoms with Gasteiger partial charge in [0, 0.05) is 20.4 Å². The van der Waals surface area contributed by atoms with Crippen LogP contribution in [0.5, 0.6) is 11.5 Å². The van der Waals surface area contributed by atoms with E-state index in [1.165, 1.54) is 11.8 Å². The number of hydrogen-bond donors (Lipinski definition) is 0. The molecule has 0 saturated carbocycles. The number of nitrogens with zero attached hydrogens (tertiary/aromatic N) is 3. The second kappa shape index (κ2) is 11.8. The number of carbonyl (C=O) groups is 1. The maximum atomic E-state index is 13.3. The third-order valence-corrected chi connectivity index (χ3v) is 6.37. The maximum absolute atomic E-state index is 13.3. The van der Waals surface area contributed by atoms with Crippen LogP contribution in [-0.4, -0.2) is 41.7 Å². The van der Waals surface area contributed by atoms with Crippen LogP contribution in [0.1, 0.15) is 51.4 Å². The number of carbonyl (C=O) groups excluding carboxylic acids is 1. The molecule has 3 aromatic rings. The molecule has 0 spiro atoms. The van der Waals surface area contributed by atoms with Gasteiger partial charge in [0.25, 0.3) is 5.56 Å². The predicted molar refractivity (Wildman–Crippen MR) is 143 cm³/mol. The summed E-state index contributed by atoms with van der Waals surface area (Å²) in [5, 5.41) is 4.97. The van der Waals surface area contributed by atoms with Gasteiger partial charge in [-0.05, 0) is 66.5 Å². The van der Waals surface area contributed by atoms with Crippen molar-refractivity contribution in [3.63, 3.8) is 0 Å². The highest BCUT2D eigenvalue weighted by molar-refractivity contribution is 9.10. The summed E-state index contributed by atoms with van der Waals surface area (Å²) in [5.41, 5.74) is 1.02. The van der Waals surface area contributed by atoms with Gasteiger partial charge in [-0.3, -0.25) is 4.79 Å². The second-order valence-electron chi connectivity index (χ2n) is 8.15. The van der Waals surface area contributed by atoms with Crippen LogP contribution < -0.4 is 15.0 Å². The Hall–Kier alpha value is -2.72. The lowest BCUT2D eigenvalue weighted by Gasteiger charge is -2.15. The van der Waals surface area contributed by atoms with E-state index in [2.05, 4.69) is 37.0 Å². The number of hydrogen-bond acceptors (Lipinski definition) is 7. The first-order chi connectivity index (χ1) is 16.6. The maximum Gasteiger partial charge on any atom is 0.344 e. The van der Waals surface area contributed by atoms with Crippen molar-refractivity contribution in [2.24, 2.45) is 5.10 Å². The van der Waals surface area contributed by atoms with E-state index in [1.54, 1.807) is 38.3 Å². The quantitative estimate of drug-likeness (QED) is 0.230. The molecule has 0 saturated heterocycles. The van der Waals surface area contributed by atoms with Crippen molar-refractivity contribution in [3.8, 4) is 11.5 Å². The third kappa shape index (κ3) is 6.49. The number of halogens is 2. The molecule has 8 nitrogen and oxygen atoms in total. The number of benzene rings is 2. The van der Waals surface area contributed by atoms with Gasteiger partial charge in [0.1, 0.15) is 5.82 Å². The van der Waals surface area contributed by atoms with E-state index in [-0.39, 0.29) is 24.2 Å². The second-order valence-corrected chi connectivity index (χ2v) is 9.92. The highest BCUT2D eigenvalue weighted by atomic mass is 79.9. The molecule has 10 heteroatoms. The SMILES string of the molecule is CC[C@H](C)c1nc2ccc(Br)cc2c(=O)n1N=Cc1cc(OC)c(OCC(=O)OC(C)C)cc1Br. The molecule has 0 N–H and O–H groups in total. The van der Waals surface area contributed by atoms with Crippen LogP contribution in [0.2, 0.25) is 0 Å². The molecule has 35 heavy (non-hydrogen) atoms. The largest absolute Gasteiger partial charge is 0.493 e. The lowest BCUT2D eigenvalue weighted by Crippen LogP contribution is -2.23. The summed E-state index contributed by atoms with van der Waals surface area (Å²) >= 11 is 6.93. The van der Waals surface area contributed by atoms with Crippen molar-refractivity contribution in [2.45, 2.75) is 46.1 Å². The molecule has 0 aliphatic carbocycles. The lowest BCUT2D eigenvalue weighted by molar-refractivity contribution is -0.149. The normalized spacial score (nSPS) is 12.3. The number of aromatic nitrogens is 2. The number of esters is 1. The van der Waals surface area contributed by atoms with Crippen molar-refractivity contribution < 1.29 is 19.0 Å². The molecule has 0 radical (unpaired) electrons. The first kappa shape index (κ1) is 26.9. The minimum Gasteiger partial charge on any atom is -0.493 e. The molecule has 1 atom stereocenters. The fourth-order valence-electron chi connectivity index (χ4n) is 3.25. The van der Waals surface area contributed by atoms with Crippen molar-refractivity contribution in [1.29, 1.82) is 0 Å². The van der Waals surface area contributed by atoms with Crippen LogP contribution >= 0.6 is 31.9 Å². The lowest BCUT2D eigenvalue weighted by atomic mass is 10.1. The number of methoxy groups -OCH3 is 1. The summed E-state index contributed by atoms with van der Waals surface area (Å²) in [4.78, 5) is 29.9. The molecule has 0 fully saturated rings. The molecule has 1 heterocycles. The average molecular weight is 609 g/mol. The van der Waals surface area contributed by atoms with Gasteiger partial charge in [0.2, 0.25) is 0 Å². The molecular formula is C25H27Br2N3O5. The molecule has 0 bridgehead atoms. The Morgan fingerprint density at radius 3 is 2.57 bits per heavy atom. The van der Waals surface area contributed by atoms with Gasteiger partial charge in [-0.2, -0.15) is 9.78 Å². The van der Waals surface area contributed by atoms with Crippen LogP contribution in [0.4, 0.5) is 0 Å². The summed E-state index contributed by atoms with van der Waals surface area (Å²) in [6, 6.07) is 8.80. The third-order valence-electron chi connectivity index (χ3n) is 5.19. The zero-order chi connectivity index (χ0) is 25.7. The zero-order valence-electron chi connectivity index (χ0n) is 20.2. The van der Waals surface area contributed by atoms with Gasteiger partial charge >= 0.3 is 5.97 Å². The summed E-state index contributed by atoms with van der Waals surface area (Å²) < 4.78 is 18.9. The Morgan fingerprint density at radius 2 is 1.91 bits per heavy atom. The Morgan fingerprint density at radius 1 is 1.17 bits per heavy atom. The highest BCUT2D eigenvalue weighted by Gasteiger charge is 2.17. The summed E-state index contributed by atoms with van der Waals surface area (Å²) in [7, 11) is 1.50. The van der Waals surface area contributed by atoms with E-state index in [4.69, 9.17) is 19.2 Å². The highest BCUT2D eigenvalue weighted by Crippen LogP contribution is 2.33. The predicted octanol–water partition coefficient (Wildman–Crippen LogP) is 5.66. The molecule has 3 rings (SSSR count). The van der Waals surface area contributed by atoms with E-state index < -0.39 is 5.97 Å². The minimum atomic E-state index is -0.476. The monoisotopic (exact) mass is 607 g/mol. The van der Waals surface area contributed by atoms with Gasteiger partial charge in [-0.15, -0.1) is 0 Å². The molecule has 186 valence electrons. The molecule has 0 aliphatic rings. The molecule has 1 aromatic heterocycles. The average Bonchev–Trinajstić information content (AvgIpc) is 2.82. The van der Waals surface area contributed by atoms with Gasteiger partial charge in [0.05, 0.1) is 30.3 Å². The topological polar surface area (TPSA) is 92.0 Å². The smallest absolute Gasteiger partial charge is 0.344 e. The first-order valence-electron chi connectivity index (χ1n) is 11.1. The minimum absolute atomic E-state index is 0.0206. The van der Waals surface area contributed by atoms with Crippen LogP contribution in [-0.2, 0) is 9.53 Å². The van der Waals surface area contributed by atoms with Crippen molar-refractivity contribution >= 4 is 54.9 Å². The molecular weight excluding hydrogens is 582 g/mol. The fraction of sp³-hybridized carbons (Fsp3) is 0.360. The zero-order valence-corrected chi connectivity index (χ0v) is 23.3. The van der Waals surface area contributed by atoms with Crippen LogP contribution in [0.25, 0.3) is 10.9 Å². The number of ether oxygens (including phenoxy) is 3. The Balaban J connectivity index is 2.00. The standard InChI is InChI=1S/C25H27Br2N3O5/c1-6-15(4)24-29-20-8-7-17(26)10-18(20)25(32)30(24)28-12-16-9-21(33-5)22(11-19(16)27)34-13-23(31)35-14(2)3/h7-12,14-15H,6,13H2,1-5H3/t15-/m0/s1. The van der Waals surface area contributed by atoms with E-state index in [9.17, 15) is 9.59 Å². The van der Waals surface area contributed by atoms with Gasteiger partial charge in [-0.25, -0.2) is 9.78 Å². The van der Waals surface area contributed by atoms with Gasteiger partial charge in [0.15, 0.2) is 18.1 Å². The van der Waals surface area contributed by atoms with E-state index in [1.807, 2.05) is 26.0 Å². The first-order valence-corrected chi connectivity index (χ1v) is 12.7. The van der Waals surface area contributed by atoms with Gasteiger partial charge in [-0.1, -0.05) is 29.8 Å². The van der Waals surface area contributed by atoms with E-state index >= 15 is 0 Å². The van der Waals surface area contributed by atoms with Crippen molar-refractivity contribution in [1.82, 2.24) is 9.66 Å². The fourth-order valence-corrected chi connectivity index (χ4v) is 4.04. The summed E-state index contributed by atoms with van der Waals surface area (Å²) in [5.74, 6) is 0.896. The summed E-state index contributed by atoms with van der Waals surface area (Å²) in [6.45, 7) is 7.33. The Kier molecular flexibility index (Phi) is 9.07. The number of fused-ring (bicyclic) bond motifs is 1. The number of rotatable bonds is 9. The van der Waals surface area contributed by atoms with Crippen molar-refractivity contribution in [3.05, 3.63) is 61.0 Å². The van der Waals surface area contributed by atoms with E-state index in [0.717, 1.165) is 10.9 Å². The molecule has 0 unspecified atom stereocenters.